The topological polar surface area (TPSA) is 58.8 Å². The Hall–Kier alpha value is -1.75. The van der Waals surface area contributed by atoms with Gasteiger partial charge in [0.25, 0.3) is 0 Å². The van der Waals surface area contributed by atoms with Gasteiger partial charge in [0.05, 0.1) is 19.3 Å². The van der Waals surface area contributed by atoms with Crippen molar-refractivity contribution in [1.29, 1.82) is 0 Å². The molecule has 1 aromatic carbocycles. The van der Waals surface area contributed by atoms with Gasteiger partial charge in [-0.15, -0.1) is 0 Å². The molecule has 1 heterocycles. The molecule has 0 aromatic heterocycles. The van der Waals surface area contributed by atoms with Gasteiger partial charge in [0, 0.05) is 37.4 Å². The number of anilines is 2. The zero-order chi connectivity index (χ0) is 13.8. The van der Waals surface area contributed by atoms with Crippen LogP contribution in [-0.2, 0) is 4.79 Å². The van der Waals surface area contributed by atoms with Crippen molar-refractivity contribution in [1.82, 2.24) is 4.90 Å². The summed E-state index contributed by atoms with van der Waals surface area (Å²) in [5, 5.41) is 0. The lowest BCUT2D eigenvalue weighted by molar-refractivity contribution is -0.108. The molecule has 0 bridgehead atoms. The third kappa shape index (κ3) is 2.81. The number of nitrogens with zero attached hydrogens (tertiary/aromatic N) is 2. The van der Waals surface area contributed by atoms with E-state index < -0.39 is 0 Å². The maximum absolute atomic E-state index is 10.5. The highest BCUT2D eigenvalue weighted by molar-refractivity contribution is 5.68. The Morgan fingerprint density at radius 3 is 2.58 bits per heavy atom. The third-order valence-corrected chi connectivity index (χ3v) is 3.66. The number of nitrogen functional groups attached to an aromatic ring is 1. The molecule has 5 nitrogen and oxygen atoms in total. The van der Waals surface area contributed by atoms with Crippen molar-refractivity contribution in [2.75, 3.05) is 50.5 Å². The molecule has 0 spiro atoms. The number of methoxy groups -OCH3 is 1. The Kier molecular flexibility index (Phi) is 4.27. The minimum atomic E-state index is 0.526. The quantitative estimate of drug-likeness (QED) is 0.646. The molecule has 5 heteroatoms. The third-order valence-electron chi connectivity index (χ3n) is 3.66. The highest BCUT2D eigenvalue weighted by atomic mass is 16.5. The molecule has 1 aromatic rings. The smallest absolute Gasteiger partial charge is 0.146 e. The molecule has 2 N–H and O–H groups in total. The molecule has 1 fully saturated rings. The van der Waals surface area contributed by atoms with Crippen LogP contribution in [-0.4, -0.2) is 51.0 Å². The molecule has 0 radical (unpaired) electrons. The van der Waals surface area contributed by atoms with Crippen molar-refractivity contribution in [3.63, 3.8) is 0 Å². The number of benzene rings is 1. The van der Waals surface area contributed by atoms with E-state index in [2.05, 4.69) is 9.80 Å². The number of aldehydes is 1. The van der Waals surface area contributed by atoms with Crippen LogP contribution in [0.4, 0.5) is 11.4 Å². The number of ether oxygens (including phenoxy) is 1. The summed E-state index contributed by atoms with van der Waals surface area (Å²) in [5.74, 6) is 0.757. The normalized spacial score (nSPS) is 16.4. The fraction of sp³-hybridized carbons (Fsp3) is 0.500. The number of rotatable bonds is 4. The number of carbonyl (C=O) groups is 1. The van der Waals surface area contributed by atoms with Gasteiger partial charge in [-0.05, 0) is 19.1 Å². The number of carbonyl (C=O) groups excluding carboxylic acids is 1. The van der Waals surface area contributed by atoms with E-state index >= 15 is 0 Å². The first-order valence-corrected chi connectivity index (χ1v) is 6.51. The number of piperazine rings is 1. The standard InChI is InChI=1S/C14H21N3O2/c1-11-13(4-3-12(15)14(11)19-2)17-7-5-16(6-8-17)9-10-18/h3-4,10H,5-9,15H2,1-2H3. The van der Waals surface area contributed by atoms with Crippen LogP contribution >= 0.6 is 0 Å². The van der Waals surface area contributed by atoms with Crippen LogP contribution < -0.4 is 15.4 Å². The largest absolute Gasteiger partial charge is 0.494 e. The van der Waals surface area contributed by atoms with Crippen molar-refractivity contribution in [3.05, 3.63) is 17.7 Å². The summed E-state index contributed by atoms with van der Waals surface area (Å²) in [5.41, 5.74) is 8.81. The molecule has 0 aliphatic carbocycles. The summed E-state index contributed by atoms with van der Waals surface area (Å²) in [7, 11) is 1.64. The average Bonchev–Trinajstić information content (AvgIpc) is 2.41. The van der Waals surface area contributed by atoms with Gasteiger partial charge in [-0.1, -0.05) is 0 Å². The molecule has 1 saturated heterocycles. The van der Waals surface area contributed by atoms with E-state index in [1.165, 1.54) is 0 Å². The molecule has 0 unspecified atom stereocenters. The first-order chi connectivity index (χ1) is 9.17. The van der Waals surface area contributed by atoms with Crippen LogP contribution in [0.1, 0.15) is 5.56 Å². The Bertz CT molecular complexity index is 454. The van der Waals surface area contributed by atoms with Crippen LogP contribution in [0.3, 0.4) is 0 Å². The summed E-state index contributed by atoms with van der Waals surface area (Å²) >= 11 is 0. The van der Waals surface area contributed by atoms with Crippen molar-refractivity contribution in [2.45, 2.75) is 6.92 Å². The van der Waals surface area contributed by atoms with Gasteiger partial charge in [-0.25, -0.2) is 0 Å². The number of hydrogen-bond donors (Lipinski definition) is 1. The van der Waals surface area contributed by atoms with Gasteiger partial charge in [0.2, 0.25) is 0 Å². The van der Waals surface area contributed by atoms with Crippen molar-refractivity contribution >= 4 is 17.7 Å². The lowest BCUT2D eigenvalue weighted by Gasteiger charge is -2.36. The van der Waals surface area contributed by atoms with Crippen LogP contribution in [0.25, 0.3) is 0 Å². The molecule has 0 atom stereocenters. The predicted molar refractivity (Wildman–Crippen MR) is 76.9 cm³/mol. The van der Waals surface area contributed by atoms with E-state index in [0.717, 1.165) is 49.5 Å². The lowest BCUT2D eigenvalue weighted by Crippen LogP contribution is -2.47. The highest BCUT2D eigenvalue weighted by Gasteiger charge is 2.19. The molecule has 0 saturated carbocycles. The average molecular weight is 263 g/mol. The zero-order valence-electron chi connectivity index (χ0n) is 11.6. The van der Waals surface area contributed by atoms with E-state index in [1.807, 2.05) is 19.1 Å². The number of nitrogens with two attached hydrogens (primary N) is 1. The SMILES string of the molecule is COc1c(N)ccc(N2CCN(CC=O)CC2)c1C. The summed E-state index contributed by atoms with van der Waals surface area (Å²) in [4.78, 5) is 15.0. The molecular formula is C14H21N3O2. The molecule has 2 rings (SSSR count). The second kappa shape index (κ2) is 5.93. The van der Waals surface area contributed by atoms with Gasteiger partial charge in [0.15, 0.2) is 0 Å². The summed E-state index contributed by atoms with van der Waals surface area (Å²) in [6, 6.07) is 3.93. The first-order valence-electron chi connectivity index (χ1n) is 6.51. The minimum Gasteiger partial charge on any atom is -0.494 e. The summed E-state index contributed by atoms with van der Waals surface area (Å²) in [6.45, 7) is 6.21. The molecule has 104 valence electrons. The number of hydrogen-bond acceptors (Lipinski definition) is 5. The fourth-order valence-electron chi connectivity index (χ4n) is 2.59. The Balaban J connectivity index is 2.13. The van der Waals surface area contributed by atoms with Gasteiger partial charge >= 0.3 is 0 Å². The Morgan fingerprint density at radius 1 is 1.32 bits per heavy atom. The molecule has 0 amide bonds. The lowest BCUT2D eigenvalue weighted by atomic mass is 10.1. The van der Waals surface area contributed by atoms with E-state index in [-0.39, 0.29) is 0 Å². The van der Waals surface area contributed by atoms with Crippen LogP contribution in [0.5, 0.6) is 5.75 Å². The molecule has 1 aliphatic rings. The maximum atomic E-state index is 10.5. The minimum absolute atomic E-state index is 0.526. The Labute approximate surface area is 113 Å². The van der Waals surface area contributed by atoms with Crippen molar-refractivity contribution in [2.24, 2.45) is 0 Å². The van der Waals surface area contributed by atoms with E-state index in [9.17, 15) is 4.79 Å². The molecule has 19 heavy (non-hydrogen) atoms. The summed E-state index contributed by atoms with van der Waals surface area (Å²) in [6.07, 6.45) is 0.965. The highest BCUT2D eigenvalue weighted by Crippen LogP contribution is 2.34. The van der Waals surface area contributed by atoms with E-state index in [1.54, 1.807) is 7.11 Å². The molecule has 1 aliphatic heterocycles. The Morgan fingerprint density at radius 2 is 2.00 bits per heavy atom. The van der Waals surface area contributed by atoms with E-state index in [0.29, 0.717) is 12.2 Å². The van der Waals surface area contributed by atoms with Gasteiger partial charge < -0.3 is 20.2 Å². The van der Waals surface area contributed by atoms with Crippen LogP contribution in [0.2, 0.25) is 0 Å². The van der Waals surface area contributed by atoms with Gasteiger partial charge in [0.1, 0.15) is 12.0 Å². The van der Waals surface area contributed by atoms with Crippen molar-refractivity contribution in [3.8, 4) is 5.75 Å². The van der Waals surface area contributed by atoms with Crippen molar-refractivity contribution < 1.29 is 9.53 Å². The van der Waals surface area contributed by atoms with Crippen LogP contribution in [0.15, 0.2) is 12.1 Å². The second-order valence-corrected chi connectivity index (χ2v) is 4.79. The zero-order valence-corrected chi connectivity index (χ0v) is 11.6. The monoisotopic (exact) mass is 263 g/mol. The van der Waals surface area contributed by atoms with Crippen LogP contribution in [0, 0.1) is 6.92 Å². The van der Waals surface area contributed by atoms with Gasteiger partial charge in [-0.3, -0.25) is 4.90 Å². The molecular weight excluding hydrogens is 242 g/mol. The first kappa shape index (κ1) is 13.7. The van der Waals surface area contributed by atoms with E-state index in [4.69, 9.17) is 10.5 Å². The second-order valence-electron chi connectivity index (χ2n) is 4.79. The fourth-order valence-corrected chi connectivity index (χ4v) is 2.59. The maximum Gasteiger partial charge on any atom is 0.146 e. The summed E-state index contributed by atoms with van der Waals surface area (Å²) < 4.78 is 5.36. The predicted octanol–water partition coefficient (Wildman–Crippen LogP) is 0.907. The van der Waals surface area contributed by atoms with Gasteiger partial charge in [-0.2, -0.15) is 0 Å².